The van der Waals surface area contributed by atoms with E-state index in [1.807, 2.05) is 0 Å². The fourth-order valence-electron chi connectivity index (χ4n) is 1.14. The maximum absolute atomic E-state index is 3.58. The van der Waals surface area contributed by atoms with Crippen molar-refractivity contribution in [1.29, 1.82) is 0 Å². The van der Waals surface area contributed by atoms with E-state index in [1.54, 1.807) is 0 Å². The summed E-state index contributed by atoms with van der Waals surface area (Å²) in [6.45, 7) is 10.3. The first-order chi connectivity index (χ1) is 4.76. The first-order valence-corrected chi connectivity index (χ1v) is 4.12. The van der Waals surface area contributed by atoms with Crippen molar-refractivity contribution in [2.75, 3.05) is 0 Å². The quantitative estimate of drug-likeness (QED) is 0.522. The Balaban J connectivity index is 3.91. The minimum atomic E-state index is 0.683. The van der Waals surface area contributed by atoms with E-state index >= 15 is 0 Å². The third-order valence-electron chi connectivity index (χ3n) is 2.18. The summed E-state index contributed by atoms with van der Waals surface area (Å²) in [7, 11) is 0. The lowest BCUT2D eigenvalue weighted by atomic mass is 9.90. The lowest BCUT2D eigenvalue weighted by Gasteiger charge is -2.15. The first kappa shape index (κ1) is 9.52. The monoisotopic (exact) mass is 138 g/mol. The molecule has 58 valence electrons. The molecule has 0 saturated heterocycles. The molecule has 0 aromatic heterocycles. The molecule has 0 aromatic rings. The average Bonchev–Trinajstić information content (AvgIpc) is 1.99. The summed E-state index contributed by atoms with van der Waals surface area (Å²) >= 11 is 0. The van der Waals surface area contributed by atoms with Gasteiger partial charge in [-0.1, -0.05) is 33.8 Å². The average molecular weight is 138 g/mol. The third-order valence-corrected chi connectivity index (χ3v) is 2.18. The molecule has 10 heavy (non-hydrogen) atoms. The van der Waals surface area contributed by atoms with E-state index in [2.05, 4.69) is 39.2 Å². The summed E-state index contributed by atoms with van der Waals surface area (Å²) in [6.07, 6.45) is 4.54. The van der Waals surface area contributed by atoms with E-state index in [0.717, 1.165) is 5.92 Å². The fraction of sp³-hybridized carbons (Fsp3) is 0.700. The van der Waals surface area contributed by atoms with Crippen molar-refractivity contribution in [2.24, 2.45) is 11.8 Å². The molecule has 0 bridgehead atoms. The van der Waals surface area contributed by atoms with Crippen LogP contribution in [0.4, 0.5) is 0 Å². The number of allylic oxidation sites excluding steroid dienone is 1. The zero-order valence-corrected chi connectivity index (χ0v) is 7.35. The molecule has 0 fully saturated rings. The molecule has 0 heteroatoms. The zero-order valence-electron chi connectivity index (χ0n) is 7.35. The highest BCUT2D eigenvalue weighted by atomic mass is 14.1. The molecule has 0 amide bonds. The Bertz CT molecular complexity index is 118. The van der Waals surface area contributed by atoms with Gasteiger partial charge in [0, 0.05) is 0 Å². The summed E-state index contributed by atoms with van der Waals surface area (Å²) in [4.78, 5) is 0. The molecule has 0 aromatic carbocycles. The molecule has 0 aliphatic carbocycles. The Kier molecular flexibility index (Phi) is 5.06. The Morgan fingerprint density at radius 3 is 2.30 bits per heavy atom. The van der Waals surface area contributed by atoms with Crippen LogP contribution in [0.25, 0.3) is 0 Å². The van der Waals surface area contributed by atoms with Crippen molar-refractivity contribution in [2.45, 2.75) is 33.6 Å². The molecule has 2 atom stereocenters. The van der Waals surface area contributed by atoms with Crippen LogP contribution in [0, 0.1) is 11.8 Å². The van der Waals surface area contributed by atoms with Gasteiger partial charge in [0.1, 0.15) is 0 Å². The first-order valence-electron chi connectivity index (χ1n) is 4.12. The second-order valence-corrected chi connectivity index (χ2v) is 2.83. The van der Waals surface area contributed by atoms with Crippen molar-refractivity contribution in [1.82, 2.24) is 0 Å². The molecule has 2 unspecified atom stereocenters. The fourth-order valence-corrected chi connectivity index (χ4v) is 1.14. The zero-order chi connectivity index (χ0) is 7.98. The minimum absolute atomic E-state index is 0.683. The summed E-state index contributed by atoms with van der Waals surface area (Å²) in [5.74, 6) is 1.46. The van der Waals surface area contributed by atoms with Gasteiger partial charge in [0.2, 0.25) is 0 Å². The molecule has 0 aliphatic rings. The summed E-state index contributed by atoms with van der Waals surface area (Å²) < 4.78 is 0. The molecule has 0 radical (unpaired) electrons. The summed E-state index contributed by atoms with van der Waals surface area (Å²) in [5.41, 5.74) is 2.86. The lowest BCUT2D eigenvalue weighted by molar-refractivity contribution is 0.406. The van der Waals surface area contributed by atoms with Gasteiger partial charge in [0.15, 0.2) is 0 Å². The second-order valence-electron chi connectivity index (χ2n) is 2.83. The smallest absolute Gasteiger partial charge is 0.0135 e. The van der Waals surface area contributed by atoms with Gasteiger partial charge >= 0.3 is 0 Å². The third kappa shape index (κ3) is 2.89. The van der Waals surface area contributed by atoms with E-state index in [4.69, 9.17) is 0 Å². The predicted molar refractivity (Wildman–Crippen MR) is 46.9 cm³/mol. The van der Waals surface area contributed by atoms with E-state index in [-0.39, 0.29) is 0 Å². The Morgan fingerprint density at radius 1 is 1.40 bits per heavy atom. The second kappa shape index (κ2) is 5.32. The maximum atomic E-state index is 3.58. The van der Waals surface area contributed by atoms with Crippen LogP contribution in [0.1, 0.15) is 33.6 Å². The minimum Gasteiger partial charge on any atom is -0.133 e. The van der Waals surface area contributed by atoms with Gasteiger partial charge in [-0.2, -0.15) is 0 Å². The number of hydrogen-bond acceptors (Lipinski definition) is 0. The normalized spacial score (nSPS) is 15.5. The molecule has 0 spiro atoms. The van der Waals surface area contributed by atoms with E-state index < -0.39 is 0 Å². The van der Waals surface area contributed by atoms with Crippen molar-refractivity contribution >= 4 is 0 Å². The van der Waals surface area contributed by atoms with Gasteiger partial charge in [-0.25, -0.2) is 0 Å². The highest BCUT2D eigenvalue weighted by Gasteiger charge is 2.08. The highest BCUT2D eigenvalue weighted by Crippen LogP contribution is 2.18. The topological polar surface area (TPSA) is 0 Å². The van der Waals surface area contributed by atoms with Gasteiger partial charge < -0.3 is 0 Å². The largest absolute Gasteiger partial charge is 0.133 e. The van der Waals surface area contributed by atoms with E-state index in [1.165, 1.54) is 12.8 Å². The molecular formula is C10H18. The number of rotatable bonds is 4. The van der Waals surface area contributed by atoms with Crippen LogP contribution in [-0.4, -0.2) is 0 Å². The summed E-state index contributed by atoms with van der Waals surface area (Å²) in [6, 6.07) is 0. The maximum Gasteiger partial charge on any atom is -0.0135 e. The Morgan fingerprint density at radius 2 is 2.00 bits per heavy atom. The molecule has 0 rings (SSSR count). The molecule has 0 N–H and O–H groups in total. The van der Waals surface area contributed by atoms with Gasteiger partial charge in [0.05, 0.1) is 0 Å². The van der Waals surface area contributed by atoms with Crippen LogP contribution < -0.4 is 0 Å². The molecular weight excluding hydrogens is 120 g/mol. The van der Waals surface area contributed by atoms with E-state index in [9.17, 15) is 0 Å². The van der Waals surface area contributed by atoms with Crippen LogP contribution in [0.3, 0.4) is 0 Å². The molecule has 0 saturated carbocycles. The van der Waals surface area contributed by atoms with Crippen LogP contribution in [0.5, 0.6) is 0 Å². The van der Waals surface area contributed by atoms with Crippen molar-refractivity contribution in [3.8, 4) is 0 Å². The van der Waals surface area contributed by atoms with E-state index in [0.29, 0.717) is 5.92 Å². The standard InChI is InChI=1S/C10H18/c1-5-8-10(7-3)9(4)6-2/h8-10H,1,6-7H2,2-4H3. The van der Waals surface area contributed by atoms with Crippen molar-refractivity contribution in [3.63, 3.8) is 0 Å². The highest BCUT2D eigenvalue weighted by molar-refractivity contribution is 4.86. The van der Waals surface area contributed by atoms with Crippen LogP contribution in [0.2, 0.25) is 0 Å². The summed E-state index contributed by atoms with van der Waals surface area (Å²) in [5, 5.41) is 0. The number of hydrogen-bond donors (Lipinski definition) is 0. The SMILES string of the molecule is C=C=CC(CC)C(C)CC. The Hall–Kier alpha value is -0.480. The molecule has 0 aliphatic heterocycles. The molecule has 0 nitrogen and oxygen atoms in total. The van der Waals surface area contributed by atoms with Crippen LogP contribution >= 0.6 is 0 Å². The van der Waals surface area contributed by atoms with Gasteiger partial charge in [0.25, 0.3) is 0 Å². The van der Waals surface area contributed by atoms with Crippen molar-refractivity contribution in [3.05, 3.63) is 18.4 Å². The van der Waals surface area contributed by atoms with Crippen LogP contribution in [0.15, 0.2) is 18.4 Å². The van der Waals surface area contributed by atoms with Crippen molar-refractivity contribution < 1.29 is 0 Å². The molecule has 0 heterocycles. The van der Waals surface area contributed by atoms with Gasteiger partial charge in [-0.15, -0.1) is 5.73 Å². The van der Waals surface area contributed by atoms with Gasteiger partial charge in [-0.3, -0.25) is 0 Å². The lowest BCUT2D eigenvalue weighted by Crippen LogP contribution is -2.05. The van der Waals surface area contributed by atoms with Gasteiger partial charge in [-0.05, 0) is 24.3 Å². The predicted octanol–water partition coefficient (Wildman–Crippen LogP) is 3.40. The van der Waals surface area contributed by atoms with Crippen LogP contribution in [-0.2, 0) is 0 Å². The Labute approximate surface area is 64.6 Å².